The number of hydrogen-bond acceptors (Lipinski definition) is 4. The Hall–Kier alpha value is -3.25. The van der Waals surface area contributed by atoms with Crippen LogP contribution in [-0.2, 0) is 19.5 Å². The van der Waals surface area contributed by atoms with E-state index in [1.54, 1.807) is 11.3 Å². The van der Waals surface area contributed by atoms with Gasteiger partial charge in [-0.05, 0) is 52.8 Å². The zero-order valence-corrected chi connectivity index (χ0v) is 17.2. The minimum absolute atomic E-state index is 0.0913. The van der Waals surface area contributed by atoms with E-state index in [-0.39, 0.29) is 12.7 Å². The largest absolute Gasteiger partial charge is 0.454 e. The van der Waals surface area contributed by atoms with Crippen LogP contribution in [0.2, 0.25) is 0 Å². The number of ether oxygens (including phenoxy) is 2. The zero-order valence-electron chi connectivity index (χ0n) is 16.3. The molecule has 30 heavy (non-hydrogen) atoms. The summed E-state index contributed by atoms with van der Waals surface area (Å²) in [5, 5.41) is 2.08. The standard InChI is InChI=1S/C24H20N2O3S/c27-24(25-9-7-17-3-1-2-4-18(17)14-25)20-12-23-19(8-10-30-23)26(20)13-16-5-6-21-22(11-16)29-15-28-21/h1-6,8,10-12H,7,9,13-15H2. The van der Waals surface area contributed by atoms with Crippen molar-refractivity contribution in [2.24, 2.45) is 0 Å². The van der Waals surface area contributed by atoms with Gasteiger partial charge in [0.2, 0.25) is 6.79 Å². The normalized spacial score (nSPS) is 14.9. The van der Waals surface area contributed by atoms with Gasteiger partial charge in [-0.1, -0.05) is 30.3 Å². The van der Waals surface area contributed by atoms with E-state index in [0.717, 1.165) is 45.9 Å². The molecule has 150 valence electrons. The molecule has 0 spiro atoms. The van der Waals surface area contributed by atoms with E-state index >= 15 is 0 Å². The Morgan fingerprint density at radius 1 is 1.00 bits per heavy atom. The van der Waals surface area contributed by atoms with Crippen LogP contribution < -0.4 is 9.47 Å². The number of thiophene rings is 1. The zero-order chi connectivity index (χ0) is 20.1. The lowest BCUT2D eigenvalue weighted by molar-refractivity contribution is 0.0724. The Labute approximate surface area is 178 Å². The lowest BCUT2D eigenvalue weighted by atomic mass is 10.00. The van der Waals surface area contributed by atoms with Crippen LogP contribution in [0.3, 0.4) is 0 Å². The summed E-state index contributed by atoms with van der Waals surface area (Å²) in [4.78, 5) is 15.5. The fourth-order valence-electron chi connectivity index (χ4n) is 4.38. The van der Waals surface area contributed by atoms with Gasteiger partial charge in [0.05, 0.1) is 10.2 Å². The van der Waals surface area contributed by atoms with Crippen LogP contribution in [0.1, 0.15) is 27.2 Å². The van der Waals surface area contributed by atoms with Crippen molar-refractivity contribution in [1.29, 1.82) is 0 Å². The topological polar surface area (TPSA) is 43.7 Å². The number of carbonyl (C=O) groups is 1. The van der Waals surface area contributed by atoms with Gasteiger partial charge >= 0.3 is 0 Å². The van der Waals surface area contributed by atoms with Crippen LogP contribution in [-0.4, -0.2) is 28.7 Å². The average Bonchev–Trinajstić information content (AvgIpc) is 3.50. The quantitative estimate of drug-likeness (QED) is 0.487. The molecule has 2 aliphatic heterocycles. The first-order chi connectivity index (χ1) is 14.8. The molecule has 4 aromatic rings. The molecule has 0 aliphatic carbocycles. The number of rotatable bonds is 3. The number of benzene rings is 2. The summed E-state index contributed by atoms with van der Waals surface area (Å²) in [5.74, 6) is 1.63. The summed E-state index contributed by atoms with van der Waals surface area (Å²) in [6.07, 6.45) is 0.902. The molecule has 6 rings (SSSR count). The highest BCUT2D eigenvalue weighted by molar-refractivity contribution is 7.17. The van der Waals surface area contributed by atoms with Crippen LogP contribution in [0.4, 0.5) is 0 Å². The van der Waals surface area contributed by atoms with Gasteiger partial charge in [-0.2, -0.15) is 0 Å². The molecule has 6 heteroatoms. The number of carbonyl (C=O) groups excluding carboxylic acids is 1. The van der Waals surface area contributed by atoms with Crippen LogP contribution in [0.5, 0.6) is 11.5 Å². The van der Waals surface area contributed by atoms with E-state index in [0.29, 0.717) is 13.1 Å². The Kier molecular flexibility index (Phi) is 4.06. The second-order valence-corrected chi connectivity index (χ2v) is 8.67. The SMILES string of the molecule is O=C(c1cc2sccc2n1Cc1ccc2c(c1)OCO2)N1CCc2ccccc2C1. The molecule has 2 aromatic heterocycles. The third-order valence-corrected chi connectivity index (χ3v) is 6.79. The summed E-state index contributed by atoms with van der Waals surface area (Å²) < 4.78 is 14.2. The molecule has 0 atom stereocenters. The van der Waals surface area contributed by atoms with Gasteiger partial charge < -0.3 is 18.9 Å². The van der Waals surface area contributed by atoms with Gasteiger partial charge in [0, 0.05) is 19.6 Å². The first-order valence-electron chi connectivity index (χ1n) is 10.1. The molecule has 0 N–H and O–H groups in total. The average molecular weight is 417 g/mol. The highest BCUT2D eigenvalue weighted by atomic mass is 32.1. The summed E-state index contributed by atoms with van der Waals surface area (Å²) in [7, 11) is 0. The second-order valence-electron chi connectivity index (χ2n) is 7.72. The fourth-order valence-corrected chi connectivity index (χ4v) is 5.20. The third-order valence-electron chi connectivity index (χ3n) is 5.94. The van der Waals surface area contributed by atoms with E-state index in [4.69, 9.17) is 9.47 Å². The molecular formula is C24H20N2O3S. The molecular weight excluding hydrogens is 396 g/mol. The predicted octanol–water partition coefficient (Wildman–Crippen LogP) is 4.68. The Morgan fingerprint density at radius 3 is 2.80 bits per heavy atom. The van der Waals surface area contributed by atoms with Gasteiger partial charge in [0.15, 0.2) is 11.5 Å². The van der Waals surface area contributed by atoms with Crippen molar-refractivity contribution in [3.63, 3.8) is 0 Å². The first kappa shape index (κ1) is 17.6. The van der Waals surface area contributed by atoms with Crippen molar-refractivity contribution in [2.75, 3.05) is 13.3 Å². The molecule has 2 aliphatic rings. The summed E-state index contributed by atoms with van der Waals surface area (Å²) in [5.41, 5.74) is 5.51. The fraction of sp³-hybridized carbons (Fsp3) is 0.208. The van der Waals surface area contributed by atoms with Crippen molar-refractivity contribution >= 4 is 27.5 Å². The maximum Gasteiger partial charge on any atom is 0.270 e. The Balaban J connectivity index is 1.35. The molecule has 0 saturated carbocycles. The van der Waals surface area contributed by atoms with E-state index < -0.39 is 0 Å². The maximum atomic E-state index is 13.5. The maximum absolute atomic E-state index is 13.5. The van der Waals surface area contributed by atoms with Gasteiger partial charge in [0.1, 0.15) is 5.69 Å². The predicted molar refractivity (Wildman–Crippen MR) is 116 cm³/mol. The lowest BCUT2D eigenvalue weighted by Gasteiger charge is -2.29. The van der Waals surface area contributed by atoms with E-state index in [9.17, 15) is 4.79 Å². The lowest BCUT2D eigenvalue weighted by Crippen LogP contribution is -2.37. The van der Waals surface area contributed by atoms with Crippen LogP contribution in [0.15, 0.2) is 60.0 Å². The van der Waals surface area contributed by atoms with Gasteiger partial charge in [-0.25, -0.2) is 0 Å². The molecule has 5 nitrogen and oxygen atoms in total. The van der Waals surface area contributed by atoms with E-state index in [2.05, 4.69) is 34.2 Å². The third kappa shape index (κ3) is 2.87. The molecule has 0 bridgehead atoms. The molecule has 4 heterocycles. The van der Waals surface area contributed by atoms with Crippen LogP contribution in [0, 0.1) is 0 Å². The van der Waals surface area contributed by atoms with Crippen LogP contribution in [0.25, 0.3) is 10.2 Å². The Morgan fingerprint density at radius 2 is 1.87 bits per heavy atom. The van der Waals surface area contributed by atoms with Gasteiger partial charge in [-0.15, -0.1) is 11.3 Å². The first-order valence-corrected chi connectivity index (χ1v) is 11.0. The molecule has 0 saturated heterocycles. The van der Waals surface area contributed by atoms with E-state index in [1.807, 2.05) is 35.2 Å². The van der Waals surface area contributed by atoms with Crippen molar-refractivity contribution in [2.45, 2.75) is 19.5 Å². The smallest absolute Gasteiger partial charge is 0.270 e. The van der Waals surface area contributed by atoms with E-state index in [1.165, 1.54) is 11.1 Å². The number of nitrogens with zero attached hydrogens (tertiary/aromatic N) is 2. The molecule has 2 aromatic carbocycles. The number of aromatic nitrogens is 1. The monoisotopic (exact) mass is 416 g/mol. The van der Waals surface area contributed by atoms with Crippen LogP contribution >= 0.6 is 11.3 Å². The minimum Gasteiger partial charge on any atom is -0.454 e. The molecule has 0 fully saturated rings. The molecule has 1 amide bonds. The summed E-state index contributed by atoms with van der Waals surface area (Å²) in [6.45, 7) is 2.29. The number of amides is 1. The van der Waals surface area contributed by atoms with Crippen molar-refractivity contribution in [3.05, 3.63) is 82.4 Å². The molecule has 0 unspecified atom stereocenters. The highest BCUT2D eigenvalue weighted by Crippen LogP contribution is 2.34. The van der Waals surface area contributed by atoms with Gasteiger partial charge in [-0.3, -0.25) is 4.79 Å². The number of hydrogen-bond donors (Lipinski definition) is 0. The van der Waals surface area contributed by atoms with Crippen molar-refractivity contribution in [1.82, 2.24) is 9.47 Å². The minimum atomic E-state index is 0.0913. The Bertz CT molecular complexity index is 1270. The second kappa shape index (κ2) is 6.92. The van der Waals surface area contributed by atoms with Crippen molar-refractivity contribution in [3.8, 4) is 11.5 Å². The summed E-state index contributed by atoms with van der Waals surface area (Å²) >= 11 is 1.67. The molecule has 0 radical (unpaired) electrons. The summed E-state index contributed by atoms with van der Waals surface area (Å²) in [6, 6.07) is 18.5. The van der Waals surface area contributed by atoms with Gasteiger partial charge in [0.25, 0.3) is 5.91 Å². The van der Waals surface area contributed by atoms with Crippen molar-refractivity contribution < 1.29 is 14.3 Å². The number of fused-ring (bicyclic) bond motifs is 3. The highest BCUT2D eigenvalue weighted by Gasteiger charge is 2.25.